The number of benzene rings is 1. The van der Waals surface area contributed by atoms with Gasteiger partial charge in [0.15, 0.2) is 0 Å². The molecule has 1 heterocycles. The quantitative estimate of drug-likeness (QED) is 0.919. The zero-order valence-electron chi connectivity index (χ0n) is 11.7. The summed E-state index contributed by atoms with van der Waals surface area (Å²) in [6.07, 6.45) is 3.77. The van der Waals surface area contributed by atoms with Crippen molar-refractivity contribution in [1.82, 2.24) is 4.90 Å². The lowest BCUT2D eigenvalue weighted by Gasteiger charge is -2.38. The second kappa shape index (κ2) is 6.20. The normalized spacial score (nSPS) is 28.3. The Labute approximate surface area is 119 Å². The van der Waals surface area contributed by atoms with E-state index in [2.05, 4.69) is 4.90 Å². The molecule has 1 aliphatic carbocycles. The number of morpholine rings is 1. The average Bonchev–Trinajstić information content (AvgIpc) is 2.94. The van der Waals surface area contributed by atoms with Gasteiger partial charge in [0, 0.05) is 24.7 Å². The predicted octanol–water partition coefficient (Wildman–Crippen LogP) is 2.50. The van der Waals surface area contributed by atoms with E-state index in [0.717, 1.165) is 26.1 Å². The third kappa shape index (κ3) is 2.87. The van der Waals surface area contributed by atoms with Gasteiger partial charge in [-0.05, 0) is 31.7 Å². The largest absolute Gasteiger partial charge is 0.388 e. The van der Waals surface area contributed by atoms with Gasteiger partial charge in [-0.25, -0.2) is 4.39 Å². The molecule has 2 fully saturated rings. The molecule has 0 bridgehead atoms. The lowest BCUT2D eigenvalue weighted by molar-refractivity contribution is -0.0588. The van der Waals surface area contributed by atoms with Crippen molar-refractivity contribution in [2.75, 3.05) is 19.7 Å². The topological polar surface area (TPSA) is 32.7 Å². The van der Waals surface area contributed by atoms with E-state index in [0.29, 0.717) is 24.1 Å². The highest BCUT2D eigenvalue weighted by Gasteiger charge is 2.35. The highest BCUT2D eigenvalue weighted by molar-refractivity contribution is 5.19. The summed E-state index contributed by atoms with van der Waals surface area (Å²) in [6, 6.07) is 6.98. The minimum atomic E-state index is -0.723. The molecule has 2 aliphatic rings. The van der Waals surface area contributed by atoms with E-state index in [9.17, 15) is 9.50 Å². The Morgan fingerprint density at radius 3 is 3.05 bits per heavy atom. The monoisotopic (exact) mass is 279 g/mol. The van der Waals surface area contributed by atoms with Gasteiger partial charge in [0.2, 0.25) is 0 Å². The summed E-state index contributed by atoms with van der Waals surface area (Å²) < 4.78 is 19.4. The van der Waals surface area contributed by atoms with Crippen LogP contribution in [-0.2, 0) is 4.74 Å². The maximum absolute atomic E-state index is 13.6. The third-order valence-corrected chi connectivity index (χ3v) is 4.55. The van der Waals surface area contributed by atoms with Crippen LogP contribution in [-0.4, -0.2) is 41.8 Å². The van der Waals surface area contributed by atoms with Crippen LogP contribution in [0.25, 0.3) is 0 Å². The van der Waals surface area contributed by atoms with Gasteiger partial charge >= 0.3 is 0 Å². The van der Waals surface area contributed by atoms with Crippen LogP contribution in [0.3, 0.4) is 0 Å². The van der Waals surface area contributed by atoms with Crippen LogP contribution in [0.15, 0.2) is 24.3 Å². The van der Waals surface area contributed by atoms with E-state index >= 15 is 0 Å². The van der Waals surface area contributed by atoms with E-state index in [1.165, 1.54) is 18.9 Å². The van der Waals surface area contributed by atoms with Crippen LogP contribution >= 0.6 is 0 Å². The zero-order chi connectivity index (χ0) is 13.9. The molecular weight excluding hydrogens is 257 g/mol. The number of rotatable bonds is 4. The molecule has 110 valence electrons. The minimum Gasteiger partial charge on any atom is -0.388 e. The second-order valence-electron chi connectivity index (χ2n) is 5.77. The van der Waals surface area contributed by atoms with Gasteiger partial charge in [-0.3, -0.25) is 4.90 Å². The van der Waals surface area contributed by atoms with E-state index in [1.807, 2.05) is 0 Å². The first-order valence-corrected chi connectivity index (χ1v) is 7.54. The summed E-state index contributed by atoms with van der Waals surface area (Å²) in [5, 5.41) is 10.2. The predicted molar refractivity (Wildman–Crippen MR) is 74.9 cm³/mol. The first-order chi connectivity index (χ1) is 9.75. The fourth-order valence-electron chi connectivity index (χ4n) is 3.47. The summed E-state index contributed by atoms with van der Waals surface area (Å²) in [5.74, 6) is -0.319. The molecule has 0 amide bonds. The first-order valence-electron chi connectivity index (χ1n) is 7.54. The van der Waals surface area contributed by atoms with Crippen molar-refractivity contribution in [2.45, 2.75) is 43.9 Å². The standard InChI is InChI=1S/C16H22FNO2/c17-13-5-2-1-4-12(13)15(19)8-9-18-10-11-20-16-7-3-6-14(16)18/h1-2,4-5,14-16,19H,3,6-11H2. The van der Waals surface area contributed by atoms with Crippen molar-refractivity contribution in [1.29, 1.82) is 0 Å². The molecule has 20 heavy (non-hydrogen) atoms. The SMILES string of the molecule is OC(CCN1CCOC2CCCC21)c1ccccc1F. The Bertz CT molecular complexity index is 454. The van der Waals surface area contributed by atoms with Gasteiger partial charge in [-0.15, -0.1) is 0 Å². The van der Waals surface area contributed by atoms with Gasteiger partial charge in [-0.1, -0.05) is 18.2 Å². The van der Waals surface area contributed by atoms with Crippen molar-refractivity contribution in [2.24, 2.45) is 0 Å². The van der Waals surface area contributed by atoms with E-state index in [-0.39, 0.29) is 5.82 Å². The number of aliphatic hydroxyl groups is 1. The molecule has 1 aromatic rings. The Kier molecular flexibility index (Phi) is 4.34. The smallest absolute Gasteiger partial charge is 0.128 e. The van der Waals surface area contributed by atoms with Crippen molar-refractivity contribution in [3.8, 4) is 0 Å². The maximum atomic E-state index is 13.6. The van der Waals surface area contributed by atoms with Crippen LogP contribution < -0.4 is 0 Å². The van der Waals surface area contributed by atoms with Crippen LogP contribution in [0.1, 0.15) is 37.4 Å². The first kappa shape index (κ1) is 14.0. The van der Waals surface area contributed by atoms with E-state index in [1.54, 1.807) is 18.2 Å². The van der Waals surface area contributed by atoms with Crippen molar-refractivity contribution in [3.63, 3.8) is 0 Å². The number of fused-ring (bicyclic) bond motifs is 1. The fraction of sp³-hybridized carbons (Fsp3) is 0.625. The van der Waals surface area contributed by atoms with Crippen LogP contribution in [0.2, 0.25) is 0 Å². The second-order valence-corrected chi connectivity index (χ2v) is 5.77. The summed E-state index contributed by atoms with van der Waals surface area (Å²) in [7, 11) is 0. The van der Waals surface area contributed by atoms with E-state index < -0.39 is 6.10 Å². The number of nitrogens with zero attached hydrogens (tertiary/aromatic N) is 1. The molecule has 1 N–H and O–H groups in total. The van der Waals surface area contributed by atoms with Gasteiger partial charge in [0.25, 0.3) is 0 Å². The van der Waals surface area contributed by atoms with Crippen molar-refractivity contribution in [3.05, 3.63) is 35.6 Å². The molecule has 3 unspecified atom stereocenters. The summed E-state index contributed by atoms with van der Waals surface area (Å²) in [4.78, 5) is 2.41. The molecule has 1 aliphatic heterocycles. The molecule has 1 aromatic carbocycles. The number of hydrogen-bond acceptors (Lipinski definition) is 3. The zero-order valence-corrected chi connectivity index (χ0v) is 11.7. The highest BCUT2D eigenvalue weighted by atomic mass is 19.1. The molecule has 0 aromatic heterocycles. The maximum Gasteiger partial charge on any atom is 0.128 e. The Hall–Kier alpha value is -0.970. The molecule has 1 saturated heterocycles. The molecule has 3 rings (SSSR count). The fourth-order valence-corrected chi connectivity index (χ4v) is 3.47. The van der Waals surface area contributed by atoms with Crippen molar-refractivity contribution < 1.29 is 14.2 Å². The third-order valence-electron chi connectivity index (χ3n) is 4.55. The number of halogens is 1. The van der Waals surface area contributed by atoms with Crippen LogP contribution in [0.5, 0.6) is 0 Å². The Morgan fingerprint density at radius 2 is 2.20 bits per heavy atom. The van der Waals surface area contributed by atoms with Gasteiger partial charge < -0.3 is 9.84 Å². The van der Waals surface area contributed by atoms with E-state index in [4.69, 9.17) is 4.74 Å². The molecule has 4 heteroatoms. The van der Waals surface area contributed by atoms with Gasteiger partial charge in [0.1, 0.15) is 5.82 Å². The summed E-state index contributed by atoms with van der Waals surface area (Å²) >= 11 is 0. The minimum absolute atomic E-state index is 0.319. The lowest BCUT2D eigenvalue weighted by Crippen LogP contribution is -2.48. The highest BCUT2D eigenvalue weighted by Crippen LogP contribution is 2.30. The number of aliphatic hydroxyl groups excluding tert-OH is 1. The lowest BCUT2D eigenvalue weighted by atomic mass is 10.0. The Morgan fingerprint density at radius 1 is 1.35 bits per heavy atom. The molecule has 3 atom stereocenters. The average molecular weight is 279 g/mol. The van der Waals surface area contributed by atoms with Crippen molar-refractivity contribution >= 4 is 0 Å². The van der Waals surface area contributed by atoms with Gasteiger partial charge in [0.05, 0.1) is 18.8 Å². The molecule has 0 spiro atoms. The molecule has 3 nitrogen and oxygen atoms in total. The molecule has 1 saturated carbocycles. The van der Waals surface area contributed by atoms with Gasteiger partial charge in [-0.2, -0.15) is 0 Å². The number of ether oxygens (including phenoxy) is 1. The Balaban J connectivity index is 1.57. The molecule has 0 radical (unpaired) electrons. The summed E-state index contributed by atoms with van der Waals surface area (Å²) in [5.41, 5.74) is 0.406. The van der Waals surface area contributed by atoms with Crippen LogP contribution in [0, 0.1) is 5.82 Å². The van der Waals surface area contributed by atoms with Crippen LogP contribution in [0.4, 0.5) is 4.39 Å². The molecular formula is C16H22FNO2. The number of hydrogen-bond donors (Lipinski definition) is 1. The summed E-state index contributed by atoms with van der Waals surface area (Å²) in [6.45, 7) is 2.50.